The molecule has 0 spiro atoms. The second-order valence-corrected chi connectivity index (χ2v) is 18.4. The number of benzene rings is 10. The molecule has 4 nitrogen and oxygen atoms in total. The number of nitrogens with zero attached hydrogens (tertiary/aromatic N) is 2. The standard InChI is InChI=1S/C63H42N2O2/c1-63(2)52-25-12-9-20-46(52)47-35-33-44(37-53(47)63)64(41-16-5-3-6-17-41)43-31-28-39(29-32-43)45-23-15-24-51-60-54(65(62(45)51)42-18-7-4-8-19-42)38-58-61(50-22-11-14-27-56(50)67-58)59(60)40-30-34-49-48-21-10-13-26-55(48)66-57(49)36-40/h3-38H,1-2H3. The Hall–Kier alpha value is -8.60. The van der Waals surface area contributed by atoms with Gasteiger partial charge < -0.3 is 18.3 Å². The molecular formula is C63H42N2O2. The number of fused-ring (bicyclic) bond motifs is 12. The first kappa shape index (κ1) is 37.7. The van der Waals surface area contributed by atoms with Crippen LogP contribution in [0.4, 0.5) is 17.1 Å². The molecule has 0 amide bonds. The molecule has 0 saturated carbocycles. The van der Waals surface area contributed by atoms with E-state index in [1.54, 1.807) is 0 Å². The van der Waals surface area contributed by atoms with Crippen molar-refractivity contribution < 1.29 is 8.83 Å². The molecule has 3 aromatic heterocycles. The van der Waals surface area contributed by atoms with Gasteiger partial charge >= 0.3 is 0 Å². The summed E-state index contributed by atoms with van der Waals surface area (Å²) in [5, 5.41) is 6.75. The van der Waals surface area contributed by atoms with Crippen LogP contribution in [-0.2, 0) is 5.41 Å². The summed E-state index contributed by atoms with van der Waals surface area (Å²) in [7, 11) is 0. The maximum absolute atomic E-state index is 6.78. The van der Waals surface area contributed by atoms with Crippen molar-refractivity contribution in [2.24, 2.45) is 0 Å². The van der Waals surface area contributed by atoms with Crippen LogP contribution < -0.4 is 4.90 Å². The quantitative estimate of drug-likeness (QED) is 0.167. The van der Waals surface area contributed by atoms with E-state index in [9.17, 15) is 0 Å². The van der Waals surface area contributed by atoms with E-state index in [1.807, 2.05) is 18.2 Å². The van der Waals surface area contributed by atoms with Crippen LogP contribution >= 0.6 is 0 Å². The zero-order valence-electron chi connectivity index (χ0n) is 37.0. The van der Waals surface area contributed by atoms with Gasteiger partial charge in [-0.15, -0.1) is 0 Å². The van der Waals surface area contributed by atoms with E-state index in [-0.39, 0.29) is 5.41 Å². The Morgan fingerprint density at radius 1 is 0.388 bits per heavy atom. The fourth-order valence-electron chi connectivity index (χ4n) is 11.3. The lowest BCUT2D eigenvalue weighted by Crippen LogP contribution is -2.16. The van der Waals surface area contributed by atoms with Gasteiger partial charge in [0.15, 0.2) is 0 Å². The molecular weight excluding hydrogens is 817 g/mol. The molecule has 0 saturated heterocycles. The van der Waals surface area contributed by atoms with Crippen molar-refractivity contribution in [3.8, 4) is 39.1 Å². The van der Waals surface area contributed by atoms with Crippen LogP contribution in [0.3, 0.4) is 0 Å². The summed E-state index contributed by atoms with van der Waals surface area (Å²) in [6, 6.07) is 78.8. The molecule has 0 unspecified atom stereocenters. The third kappa shape index (κ3) is 5.54. The van der Waals surface area contributed by atoms with Crippen LogP contribution in [0.15, 0.2) is 227 Å². The van der Waals surface area contributed by atoms with E-state index < -0.39 is 0 Å². The van der Waals surface area contributed by atoms with Crippen molar-refractivity contribution in [3.63, 3.8) is 0 Å². The molecule has 3 heterocycles. The van der Waals surface area contributed by atoms with Crippen LogP contribution in [0.5, 0.6) is 0 Å². The zero-order valence-corrected chi connectivity index (χ0v) is 37.0. The van der Waals surface area contributed by atoms with E-state index in [0.29, 0.717) is 0 Å². The summed E-state index contributed by atoms with van der Waals surface area (Å²) < 4.78 is 15.8. The highest BCUT2D eigenvalue weighted by atomic mass is 16.3. The second-order valence-electron chi connectivity index (χ2n) is 18.4. The van der Waals surface area contributed by atoms with Gasteiger partial charge in [-0.1, -0.05) is 153 Å². The molecule has 1 aliphatic rings. The summed E-state index contributed by atoms with van der Waals surface area (Å²) in [5.41, 5.74) is 19.8. The van der Waals surface area contributed by atoms with E-state index in [4.69, 9.17) is 8.83 Å². The Balaban J connectivity index is 0.992. The summed E-state index contributed by atoms with van der Waals surface area (Å²) in [5.74, 6) is 0. The van der Waals surface area contributed by atoms with Crippen LogP contribution in [0.25, 0.3) is 105 Å². The molecule has 10 aromatic carbocycles. The molecule has 0 radical (unpaired) electrons. The largest absolute Gasteiger partial charge is 0.456 e. The smallest absolute Gasteiger partial charge is 0.138 e. The first-order chi connectivity index (χ1) is 33.0. The molecule has 0 aliphatic heterocycles. The molecule has 1 aliphatic carbocycles. The van der Waals surface area contributed by atoms with Crippen LogP contribution in [-0.4, -0.2) is 4.57 Å². The Morgan fingerprint density at radius 2 is 0.985 bits per heavy atom. The van der Waals surface area contributed by atoms with Crippen molar-refractivity contribution in [3.05, 3.63) is 230 Å². The fraction of sp³-hybridized carbons (Fsp3) is 0.0476. The topological polar surface area (TPSA) is 34.5 Å². The van der Waals surface area contributed by atoms with E-state index in [2.05, 4.69) is 224 Å². The predicted octanol–water partition coefficient (Wildman–Crippen LogP) is 17.7. The Morgan fingerprint density at radius 3 is 1.81 bits per heavy atom. The highest BCUT2D eigenvalue weighted by Gasteiger charge is 2.36. The summed E-state index contributed by atoms with van der Waals surface area (Å²) in [4.78, 5) is 2.38. The number of hydrogen-bond donors (Lipinski definition) is 0. The lowest BCUT2D eigenvalue weighted by Gasteiger charge is -2.28. The van der Waals surface area contributed by atoms with Crippen molar-refractivity contribution >= 4 is 82.7 Å². The highest BCUT2D eigenvalue weighted by molar-refractivity contribution is 6.28. The van der Waals surface area contributed by atoms with Crippen molar-refractivity contribution in [2.45, 2.75) is 19.3 Å². The minimum absolute atomic E-state index is 0.111. The fourth-order valence-corrected chi connectivity index (χ4v) is 11.3. The molecule has 14 rings (SSSR count). The first-order valence-electron chi connectivity index (χ1n) is 23.1. The maximum Gasteiger partial charge on any atom is 0.138 e. The van der Waals surface area contributed by atoms with E-state index in [0.717, 1.165) is 99.9 Å². The predicted molar refractivity (Wildman–Crippen MR) is 278 cm³/mol. The first-order valence-corrected chi connectivity index (χ1v) is 23.1. The number of aromatic nitrogens is 1. The number of para-hydroxylation sites is 5. The van der Waals surface area contributed by atoms with Gasteiger partial charge in [0.05, 0.1) is 11.0 Å². The third-order valence-corrected chi connectivity index (χ3v) is 14.4. The number of hydrogen-bond acceptors (Lipinski definition) is 3. The Bertz CT molecular complexity index is 4120. The molecule has 0 bridgehead atoms. The number of furan rings is 2. The van der Waals surface area contributed by atoms with Crippen LogP contribution in [0.1, 0.15) is 25.0 Å². The van der Waals surface area contributed by atoms with Gasteiger partial charge in [0, 0.05) is 77.7 Å². The van der Waals surface area contributed by atoms with Crippen molar-refractivity contribution in [1.29, 1.82) is 0 Å². The number of rotatable bonds is 6. The summed E-state index contributed by atoms with van der Waals surface area (Å²) in [6.45, 7) is 4.70. The van der Waals surface area contributed by atoms with E-state index >= 15 is 0 Å². The van der Waals surface area contributed by atoms with Gasteiger partial charge in [0.1, 0.15) is 22.3 Å². The molecule has 67 heavy (non-hydrogen) atoms. The molecule has 13 aromatic rings. The van der Waals surface area contributed by atoms with Gasteiger partial charge in [0.25, 0.3) is 0 Å². The molecule has 0 atom stereocenters. The molecule has 0 fully saturated rings. The van der Waals surface area contributed by atoms with Crippen molar-refractivity contribution in [2.75, 3.05) is 4.90 Å². The van der Waals surface area contributed by atoms with Gasteiger partial charge in [-0.05, 0) is 106 Å². The summed E-state index contributed by atoms with van der Waals surface area (Å²) in [6.07, 6.45) is 0. The molecule has 4 heteroatoms. The van der Waals surface area contributed by atoms with Gasteiger partial charge in [-0.3, -0.25) is 0 Å². The normalized spacial score (nSPS) is 13.0. The lowest BCUT2D eigenvalue weighted by atomic mass is 9.82. The number of anilines is 3. The minimum atomic E-state index is -0.111. The van der Waals surface area contributed by atoms with Crippen LogP contribution in [0, 0.1) is 0 Å². The van der Waals surface area contributed by atoms with Crippen LogP contribution in [0.2, 0.25) is 0 Å². The van der Waals surface area contributed by atoms with Gasteiger partial charge in [0.2, 0.25) is 0 Å². The van der Waals surface area contributed by atoms with Gasteiger partial charge in [-0.2, -0.15) is 0 Å². The SMILES string of the molecule is CC1(C)c2ccccc2-c2ccc(N(c3ccccc3)c3ccc(-c4cccc5c6c(-c7ccc8c(c7)oc7ccccc78)c7c(cc6n(-c6ccccc6)c45)oc4ccccc47)cc3)cc21. The highest BCUT2D eigenvalue weighted by Crippen LogP contribution is 2.52. The average Bonchev–Trinajstić information content (AvgIpc) is 4.10. The lowest BCUT2D eigenvalue weighted by molar-refractivity contribution is 0.660. The molecule has 0 N–H and O–H groups in total. The maximum atomic E-state index is 6.78. The zero-order chi connectivity index (χ0) is 44.4. The summed E-state index contributed by atoms with van der Waals surface area (Å²) >= 11 is 0. The monoisotopic (exact) mass is 858 g/mol. The Kier molecular flexibility index (Phi) is 8.00. The Labute approximate surface area is 387 Å². The molecule has 316 valence electrons. The average molecular weight is 859 g/mol. The second kappa shape index (κ2) is 14.2. The van der Waals surface area contributed by atoms with Gasteiger partial charge in [-0.25, -0.2) is 0 Å². The van der Waals surface area contributed by atoms with E-state index in [1.165, 1.54) is 33.0 Å². The third-order valence-electron chi connectivity index (χ3n) is 14.4. The van der Waals surface area contributed by atoms with Crippen molar-refractivity contribution in [1.82, 2.24) is 4.57 Å². The minimum Gasteiger partial charge on any atom is -0.456 e.